The minimum atomic E-state index is -0.110. The van der Waals surface area contributed by atoms with E-state index >= 15 is 0 Å². The fraction of sp³-hybridized carbons (Fsp3) is 0.667. The van der Waals surface area contributed by atoms with Gasteiger partial charge >= 0.3 is 0 Å². The second-order valence-electron chi connectivity index (χ2n) is 2.44. The van der Waals surface area contributed by atoms with E-state index in [9.17, 15) is 9.59 Å². The highest BCUT2D eigenvalue weighted by Crippen LogP contribution is 2.34. The van der Waals surface area contributed by atoms with Gasteiger partial charge in [-0.1, -0.05) is 0 Å². The predicted octanol–water partition coefficient (Wildman–Crippen LogP) is -0.140. The molecular weight excluding hydrogens is 182 g/mol. The van der Waals surface area contributed by atoms with E-state index in [2.05, 4.69) is 5.32 Å². The molecule has 3 nitrogen and oxygen atoms in total. The molecule has 2 aliphatic heterocycles. The Hall–Kier alpha value is -0.160. The number of carbonyl (C=O) groups excluding carboxylic acids is 2. The molecule has 0 bridgehead atoms. The number of fused-ring (bicyclic) bond motifs is 1. The molecular formula is C6H7NO2S2. The summed E-state index contributed by atoms with van der Waals surface area (Å²) in [5.41, 5.74) is 0. The average Bonchev–Trinajstić information content (AvgIpc) is 2.30. The van der Waals surface area contributed by atoms with Crippen LogP contribution in [0.2, 0.25) is 0 Å². The zero-order valence-electron chi connectivity index (χ0n) is 5.70. The Balaban J connectivity index is 2.19. The number of imide groups is 1. The van der Waals surface area contributed by atoms with Gasteiger partial charge < -0.3 is 0 Å². The van der Waals surface area contributed by atoms with Gasteiger partial charge in [0.1, 0.15) is 10.5 Å². The average molecular weight is 189 g/mol. The van der Waals surface area contributed by atoms with Crippen LogP contribution in [0.15, 0.2) is 0 Å². The monoisotopic (exact) mass is 189 g/mol. The van der Waals surface area contributed by atoms with Crippen molar-refractivity contribution in [1.29, 1.82) is 0 Å². The van der Waals surface area contributed by atoms with E-state index in [1.807, 2.05) is 0 Å². The summed E-state index contributed by atoms with van der Waals surface area (Å²) in [6.45, 7) is 0. The number of thioether (sulfide) groups is 2. The van der Waals surface area contributed by atoms with Gasteiger partial charge in [-0.25, -0.2) is 0 Å². The number of nitrogens with one attached hydrogen (secondary N) is 1. The molecule has 2 atom stereocenters. The van der Waals surface area contributed by atoms with Crippen LogP contribution in [0, 0.1) is 0 Å². The van der Waals surface area contributed by atoms with Crippen molar-refractivity contribution in [2.75, 3.05) is 11.5 Å². The van der Waals surface area contributed by atoms with Crippen molar-refractivity contribution in [1.82, 2.24) is 5.32 Å². The molecule has 2 fully saturated rings. The van der Waals surface area contributed by atoms with Crippen LogP contribution in [0.25, 0.3) is 0 Å². The maximum absolute atomic E-state index is 11.1. The van der Waals surface area contributed by atoms with E-state index in [4.69, 9.17) is 0 Å². The molecule has 5 heteroatoms. The SMILES string of the molecule is O=C1NC(=O)[C@@H]2SCCS[C@@H]12. The van der Waals surface area contributed by atoms with Gasteiger partial charge in [0.2, 0.25) is 11.8 Å². The summed E-state index contributed by atoms with van der Waals surface area (Å²) < 4.78 is 0. The Kier molecular flexibility index (Phi) is 1.85. The summed E-state index contributed by atoms with van der Waals surface area (Å²) in [5, 5.41) is 2.12. The predicted molar refractivity (Wildman–Crippen MR) is 45.6 cm³/mol. The second-order valence-corrected chi connectivity index (χ2v) is 4.94. The minimum absolute atomic E-state index is 0.0998. The van der Waals surface area contributed by atoms with Crippen LogP contribution in [0.3, 0.4) is 0 Å². The molecule has 0 unspecified atom stereocenters. The first kappa shape index (κ1) is 7.49. The molecule has 0 spiro atoms. The highest BCUT2D eigenvalue weighted by atomic mass is 32.2. The van der Waals surface area contributed by atoms with E-state index < -0.39 is 0 Å². The molecule has 0 saturated carbocycles. The third kappa shape index (κ3) is 1.16. The van der Waals surface area contributed by atoms with Gasteiger partial charge in [-0.2, -0.15) is 0 Å². The zero-order valence-corrected chi connectivity index (χ0v) is 7.33. The largest absolute Gasteiger partial charge is 0.294 e. The lowest BCUT2D eigenvalue weighted by Gasteiger charge is -2.19. The van der Waals surface area contributed by atoms with Crippen LogP contribution >= 0.6 is 23.5 Å². The molecule has 2 saturated heterocycles. The summed E-state index contributed by atoms with van der Waals surface area (Å²) in [6.07, 6.45) is 0. The van der Waals surface area contributed by atoms with E-state index in [0.717, 1.165) is 11.5 Å². The van der Waals surface area contributed by atoms with Crippen molar-refractivity contribution in [3.8, 4) is 0 Å². The van der Waals surface area contributed by atoms with Crippen molar-refractivity contribution < 1.29 is 9.59 Å². The summed E-state index contributed by atoms with van der Waals surface area (Å²) in [7, 11) is 0. The van der Waals surface area contributed by atoms with Crippen LogP contribution in [-0.4, -0.2) is 33.8 Å². The minimum Gasteiger partial charge on any atom is -0.294 e. The van der Waals surface area contributed by atoms with Crippen molar-refractivity contribution in [3.63, 3.8) is 0 Å². The van der Waals surface area contributed by atoms with Crippen molar-refractivity contribution in [2.45, 2.75) is 10.5 Å². The van der Waals surface area contributed by atoms with Crippen LogP contribution in [0.5, 0.6) is 0 Å². The summed E-state index contributed by atoms with van der Waals surface area (Å²) in [6, 6.07) is 0. The van der Waals surface area contributed by atoms with Gasteiger partial charge in [0, 0.05) is 11.5 Å². The number of carbonyl (C=O) groups is 2. The fourth-order valence-corrected chi connectivity index (χ4v) is 3.98. The molecule has 0 aliphatic carbocycles. The van der Waals surface area contributed by atoms with Gasteiger partial charge in [-0.3, -0.25) is 14.9 Å². The van der Waals surface area contributed by atoms with Crippen molar-refractivity contribution in [3.05, 3.63) is 0 Å². The zero-order chi connectivity index (χ0) is 7.84. The first-order valence-electron chi connectivity index (χ1n) is 3.37. The molecule has 2 aliphatic rings. The van der Waals surface area contributed by atoms with Crippen molar-refractivity contribution in [2.24, 2.45) is 0 Å². The molecule has 0 aromatic carbocycles. The van der Waals surface area contributed by atoms with Gasteiger partial charge in [0.25, 0.3) is 0 Å². The fourth-order valence-electron chi connectivity index (χ4n) is 1.21. The van der Waals surface area contributed by atoms with E-state index in [-0.39, 0.29) is 22.3 Å². The topological polar surface area (TPSA) is 46.2 Å². The van der Waals surface area contributed by atoms with Crippen LogP contribution in [0.1, 0.15) is 0 Å². The molecule has 2 amide bonds. The maximum atomic E-state index is 11.1. The maximum Gasteiger partial charge on any atom is 0.241 e. The van der Waals surface area contributed by atoms with Gasteiger partial charge in [-0.05, 0) is 0 Å². The van der Waals surface area contributed by atoms with E-state index in [0.29, 0.717) is 0 Å². The van der Waals surface area contributed by atoms with Crippen molar-refractivity contribution >= 4 is 35.3 Å². The molecule has 2 heterocycles. The van der Waals surface area contributed by atoms with Crippen LogP contribution in [-0.2, 0) is 9.59 Å². The second kappa shape index (κ2) is 2.71. The molecule has 11 heavy (non-hydrogen) atoms. The number of hydrogen-bond donors (Lipinski definition) is 1. The summed E-state index contributed by atoms with van der Waals surface area (Å²) in [4.78, 5) is 22.1. The number of rotatable bonds is 0. The Morgan fingerprint density at radius 2 is 1.55 bits per heavy atom. The smallest absolute Gasteiger partial charge is 0.241 e. The lowest BCUT2D eigenvalue weighted by Crippen LogP contribution is -2.27. The Morgan fingerprint density at radius 3 is 2.00 bits per heavy atom. The molecule has 60 valence electrons. The molecule has 0 radical (unpaired) electrons. The Bertz CT molecular complexity index is 197. The van der Waals surface area contributed by atoms with Crippen LogP contribution in [0.4, 0.5) is 0 Å². The lowest BCUT2D eigenvalue weighted by atomic mass is 10.3. The lowest BCUT2D eigenvalue weighted by molar-refractivity contribution is -0.124. The summed E-state index contributed by atoms with van der Waals surface area (Å²) in [5.74, 6) is 1.76. The highest BCUT2D eigenvalue weighted by Gasteiger charge is 2.43. The first-order valence-corrected chi connectivity index (χ1v) is 5.47. The number of amides is 2. The quantitative estimate of drug-likeness (QED) is 0.539. The molecule has 0 aromatic rings. The van der Waals surface area contributed by atoms with E-state index in [1.54, 1.807) is 23.5 Å². The third-order valence-electron chi connectivity index (χ3n) is 1.72. The first-order chi connectivity index (χ1) is 5.29. The van der Waals surface area contributed by atoms with Crippen LogP contribution < -0.4 is 5.32 Å². The molecule has 2 rings (SSSR count). The normalized spacial score (nSPS) is 36.7. The van der Waals surface area contributed by atoms with Gasteiger partial charge in [-0.15, -0.1) is 23.5 Å². The summed E-state index contributed by atoms with van der Waals surface area (Å²) >= 11 is 3.18. The Morgan fingerprint density at radius 1 is 1.09 bits per heavy atom. The Labute approximate surface area is 72.7 Å². The third-order valence-corrected chi connectivity index (χ3v) is 4.72. The highest BCUT2D eigenvalue weighted by molar-refractivity contribution is 8.08. The van der Waals surface area contributed by atoms with E-state index in [1.165, 1.54) is 0 Å². The molecule has 1 N–H and O–H groups in total. The van der Waals surface area contributed by atoms with Gasteiger partial charge in [0.15, 0.2) is 0 Å². The number of hydrogen-bond acceptors (Lipinski definition) is 4. The molecule has 0 aromatic heterocycles. The standard InChI is InChI=1S/C6H7NO2S2/c8-5-3-4(6(9)7-5)11-2-1-10-3/h3-4H,1-2H2,(H,7,8,9)/t3-,4-/m1/s1. The van der Waals surface area contributed by atoms with Gasteiger partial charge in [0.05, 0.1) is 0 Å².